The topological polar surface area (TPSA) is 62.2 Å². The molecule has 2 N–H and O–H groups in total. The van der Waals surface area contributed by atoms with Crippen LogP contribution in [0.25, 0.3) is 10.9 Å². The molecule has 0 aliphatic carbocycles. The molecule has 1 aromatic heterocycles. The van der Waals surface area contributed by atoms with E-state index in [-0.39, 0.29) is 12.5 Å². The lowest BCUT2D eigenvalue weighted by Gasteiger charge is -2.07. The van der Waals surface area contributed by atoms with Crippen molar-refractivity contribution in [2.24, 2.45) is 0 Å². The van der Waals surface area contributed by atoms with Crippen molar-refractivity contribution in [3.63, 3.8) is 0 Å². The van der Waals surface area contributed by atoms with Crippen LogP contribution in [-0.4, -0.2) is 16.0 Å². The molecule has 0 saturated carbocycles. The lowest BCUT2D eigenvalue weighted by atomic mass is 10.1. The highest BCUT2D eigenvalue weighted by molar-refractivity contribution is 6.34. The Kier molecular flexibility index (Phi) is 3.26. The zero-order chi connectivity index (χ0) is 12.4. The van der Waals surface area contributed by atoms with Gasteiger partial charge in [-0.2, -0.15) is 0 Å². The van der Waals surface area contributed by atoms with E-state index in [0.29, 0.717) is 10.7 Å². The Morgan fingerprint density at radius 1 is 1.47 bits per heavy atom. The number of aliphatic hydroxyl groups is 1. The van der Waals surface area contributed by atoms with Gasteiger partial charge in [-0.25, -0.2) is 0 Å². The summed E-state index contributed by atoms with van der Waals surface area (Å²) in [7, 11) is 0. The zero-order valence-corrected chi connectivity index (χ0v) is 9.95. The van der Waals surface area contributed by atoms with Crippen LogP contribution in [0, 0.1) is 0 Å². The molecule has 0 fully saturated rings. The normalized spacial score (nSPS) is 10.5. The summed E-state index contributed by atoms with van der Waals surface area (Å²) in [5, 5.41) is 12.9. The number of nitrogens with zero attached hydrogens (tertiary/aromatic N) is 1. The van der Waals surface area contributed by atoms with Crippen LogP contribution in [0.4, 0.5) is 5.69 Å². The van der Waals surface area contributed by atoms with Crippen LogP contribution in [0.15, 0.2) is 24.4 Å². The maximum absolute atomic E-state index is 11.0. The molecular formula is C12H11ClN2O2. The minimum Gasteiger partial charge on any atom is -0.392 e. The predicted octanol–water partition coefficient (Wildman–Crippen LogP) is 2.34. The molecule has 0 unspecified atom stereocenters. The molecule has 0 atom stereocenters. The summed E-state index contributed by atoms with van der Waals surface area (Å²) in [6.45, 7) is 1.36. The van der Waals surface area contributed by atoms with Crippen molar-refractivity contribution in [2.45, 2.75) is 13.5 Å². The van der Waals surface area contributed by atoms with Gasteiger partial charge in [0.05, 0.1) is 22.8 Å². The van der Waals surface area contributed by atoms with Gasteiger partial charge in [-0.3, -0.25) is 9.78 Å². The van der Waals surface area contributed by atoms with Gasteiger partial charge in [-0.15, -0.1) is 0 Å². The molecule has 17 heavy (non-hydrogen) atoms. The first-order valence-corrected chi connectivity index (χ1v) is 5.44. The fourth-order valence-electron chi connectivity index (χ4n) is 1.57. The van der Waals surface area contributed by atoms with Gasteiger partial charge >= 0.3 is 0 Å². The fourth-order valence-corrected chi connectivity index (χ4v) is 1.79. The van der Waals surface area contributed by atoms with Gasteiger partial charge in [-0.1, -0.05) is 11.6 Å². The molecule has 2 aromatic rings. The Bertz CT molecular complexity index is 584. The van der Waals surface area contributed by atoms with Gasteiger partial charge < -0.3 is 10.4 Å². The lowest BCUT2D eigenvalue weighted by Crippen LogP contribution is -2.06. The van der Waals surface area contributed by atoms with Gasteiger partial charge in [-0.05, 0) is 23.8 Å². The first kappa shape index (κ1) is 11.8. The average molecular weight is 251 g/mol. The zero-order valence-electron chi connectivity index (χ0n) is 9.20. The monoisotopic (exact) mass is 250 g/mol. The number of fused-ring (bicyclic) bond motifs is 1. The Labute approximate surface area is 103 Å². The second-order valence-electron chi connectivity index (χ2n) is 3.71. The first-order chi connectivity index (χ1) is 8.10. The lowest BCUT2D eigenvalue weighted by molar-refractivity contribution is -0.114. The maximum atomic E-state index is 11.0. The fraction of sp³-hybridized carbons (Fsp3) is 0.167. The van der Waals surface area contributed by atoms with E-state index in [2.05, 4.69) is 10.3 Å². The number of hydrogen-bond acceptors (Lipinski definition) is 3. The highest BCUT2D eigenvalue weighted by Gasteiger charge is 2.06. The van der Waals surface area contributed by atoms with E-state index < -0.39 is 0 Å². The summed E-state index contributed by atoms with van der Waals surface area (Å²) in [4.78, 5) is 15.2. The molecule has 88 valence electrons. The van der Waals surface area contributed by atoms with Gasteiger partial charge in [0.25, 0.3) is 0 Å². The third-order valence-electron chi connectivity index (χ3n) is 2.32. The predicted molar refractivity (Wildman–Crippen MR) is 67.0 cm³/mol. The van der Waals surface area contributed by atoms with Crippen LogP contribution in [0.1, 0.15) is 12.5 Å². The second kappa shape index (κ2) is 4.69. The van der Waals surface area contributed by atoms with E-state index in [4.69, 9.17) is 16.7 Å². The average Bonchev–Trinajstić information content (AvgIpc) is 2.29. The largest absolute Gasteiger partial charge is 0.392 e. The number of aromatic nitrogens is 1. The van der Waals surface area contributed by atoms with Crippen LogP contribution in [0.2, 0.25) is 5.02 Å². The molecule has 0 saturated heterocycles. The number of carbonyl (C=O) groups is 1. The van der Waals surface area contributed by atoms with Crippen LogP contribution in [-0.2, 0) is 11.4 Å². The number of benzene rings is 1. The van der Waals surface area contributed by atoms with Gasteiger partial charge in [0, 0.05) is 18.5 Å². The number of halogens is 1. The molecule has 0 aliphatic rings. The molecule has 0 aliphatic heterocycles. The van der Waals surface area contributed by atoms with Crippen LogP contribution in [0.3, 0.4) is 0 Å². The molecule has 2 rings (SSSR count). The van der Waals surface area contributed by atoms with E-state index in [1.807, 2.05) is 6.07 Å². The van der Waals surface area contributed by atoms with Crippen molar-refractivity contribution in [3.05, 3.63) is 35.0 Å². The quantitative estimate of drug-likeness (QED) is 0.860. The first-order valence-electron chi connectivity index (χ1n) is 5.07. The van der Waals surface area contributed by atoms with Crippen LogP contribution in [0.5, 0.6) is 0 Å². The SMILES string of the molecule is CC(=O)Nc1cc2ncc(CO)cc2cc1Cl. The van der Waals surface area contributed by atoms with Crippen molar-refractivity contribution < 1.29 is 9.90 Å². The van der Waals surface area contributed by atoms with Crippen molar-refractivity contribution in [3.8, 4) is 0 Å². The Balaban J connectivity index is 2.54. The number of nitrogens with one attached hydrogen (secondary N) is 1. The van der Waals surface area contributed by atoms with Gasteiger partial charge in [0.1, 0.15) is 0 Å². The number of carbonyl (C=O) groups excluding carboxylic acids is 1. The standard InChI is InChI=1S/C12H11ClN2O2/c1-7(17)15-12-4-11-9(3-10(12)13)2-8(6-16)5-14-11/h2-5,16H,6H2,1H3,(H,15,17). The van der Waals surface area contributed by atoms with Gasteiger partial charge in [0.15, 0.2) is 0 Å². The van der Waals surface area contributed by atoms with Gasteiger partial charge in [0.2, 0.25) is 5.91 Å². The summed E-state index contributed by atoms with van der Waals surface area (Å²) < 4.78 is 0. The highest BCUT2D eigenvalue weighted by Crippen LogP contribution is 2.27. The summed E-state index contributed by atoms with van der Waals surface area (Å²) in [5.74, 6) is -0.182. The smallest absolute Gasteiger partial charge is 0.221 e. The van der Waals surface area contributed by atoms with Crippen molar-refractivity contribution in [1.29, 1.82) is 0 Å². The molecule has 0 bridgehead atoms. The summed E-state index contributed by atoms with van der Waals surface area (Å²) in [6, 6.07) is 5.24. The Hall–Kier alpha value is -1.65. The Morgan fingerprint density at radius 2 is 2.24 bits per heavy atom. The second-order valence-corrected chi connectivity index (χ2v) is 4.11. The maximum Gasteiger partial charge on any atom is 0.221 e. The number of hydrogen-bond donors (Lipinski definition) is 2. The third kappa shape index (κ3) is 2.54. The van der Waals surface area contributed by atoms with Crippen molar-refractivity contribution >= 4 is 34.1 Å². The summed E-state index contributed by atoms with van der Waals surface area (Å²) in [6.07, 6.45) is 1.59. The van der Waals surface area contributed by atoms with E-state index in [0.717, 1.165) is 16.5 Å². The van der Waals surface area contributed by atoms with Crippen LogP contribution >= 0.6 is 11.6 Å². The number of pyridine rings is 1. The van der Waals surface area contributed by atoms with Crippen molar-refractivity contribution in [1.82, 2.24) is 4.98 Å². The van der Waals surface area contributed by atoms with Crippen LogP contribution < -0.4 is 5.32 Å². The minimum absolute atomic E-state index is 0.0615. The molecule has 5 heteroatoms. The van der Waals surface area contributed by atoms with E-state index in [1.165, 1.54) is 6.92 Å². The molecule has 0 spiro atoms. The molecule has 0 radical (unpaired) electrons. The van der Waals surface area contributed by atoms with E-state index in [9.17, 15) is 4.79 Å². The molecule has 1 amide bonds. The number of aliphatic hydroxyl groups excluding tert-OH is 1. The van der Waals surface area contributed by atoms with E-state index >= 15 is 0 Å². The molecule has 1 heterocycles. The molecule has 1 aromatic carbocycles. The van der Waals surface area contributed by atoms with E-state index in [1.54, 1.807) is 18.3 Å². The molecular weight excluding hydrogens is 240 g/mol. The highest BCUT2D eigenvalue weighted by atomic mass is 35.5. The molecule has 4 nitrogen and oxygen atoms in total. The number of amides is 1. The minimum atomic E-state index is -0.182. The number of rotatable bonds is 2. The Morgan fingerprint density at radius 3 is 2.88 bits per heavy atom. The summed E-state index contributed by atoms with van der Waals surface area (Å²) in [5.41, 5.74) is 1.98. The summed E-state index contributed by atoms with van der Waals surface area (Å²) >= 11 is 6.04. The third-order valence-corrected chi connectivity index (χ3v) is 2.63. The number of anilines is 1. The van der Waals surface area contributed by atoms with Crippen molar-refractivity contribution in [2.75, 3.05) is 5.32 Å².